The van der Waals surface area contributed by atoms with Crippen molar-refractivity contribution in [3.8, 4) is 6.07 Å². The van der Waals surface area contributed by atoms with Crippen LogP contribution in [0.4, 0.5) is 0 Å². The molecule has 6 heavy (non-hydrogen) atoms. The van der Waals surface area contributed by atoms with Crippen molar-refractivity contribution in [2.45, 2.75) is 6.42 Å². The number of hydrogen-bond acceptors (Lipinski definition) is 2. The molecule has 0 aromatic heterocycles. The van der Waals surface area contributed by atoms with E-state index < -0.39 is 0 Å². The van der Waals surface area contributed by atoms with Crippen LogP contribution in [-0.2, 0) is 0 Å². The van der Waals surface area contributed by atoms with Crippen molar-refractivity contribution in [2.75, 3.05) is 0 Å². The number of allylic oxidation sites excluding steroid dienone is 1. The Morgan fingerprint density at radius 3 is 2.33 bits per heavy atom. The lowest BCUT2D eigenvalue weighted by atomic mass is 10.5. The van der Waals surface area contributed by atoms with Crippen LogP contribution in [0.1, 0.15) is 6.42 Å². The van der Waals surface area contributed by atoms with E-state index in [0.717, 1.165) is 0 Å². The van der Waals surface area contributed by atoms with Gasteiger partial charge in [0.05, 0.1) is 12.5 Å². The summed E-state index contributed by atoms with van der Waals surface area (Å²) in [7, 11) is 0. The van der Waals surface area contributed by atoms with Crippen molar-refractivity contribution >= 4 is 0 Å². The second-order valence-electron chi connectivity index (χ2n) is 0.651. The zero-order chi connectivity index (χ0) is 4.12. The van der Waals surface area contributed by atoms with Crippen molar-refractivity contribution in [3.63, 3.8) is 0 Å². The molecule has 2 heteroatoms. The van der Waals surface area contributed by atoms with Crippen LogP contribution >= 0.6 is 0 Å². The van der Waals surface area contributed by atoms with Gasteiger partial charge in [-0.05, 0) is 0 Å². The summed E-state index contributed by atoms with van der Waals surface area (Å²) in [5.41, 5.74) is 0. The van der Waals surface area contributed by atoms with Gasteiger partial charge in [0.2, 0.25) is 0 Å². The summed E-state index contributed by atoms with van der Waals surface area (Å²) in [5.74, 6) is 0. The van der Waals surface area contributed by atoms with E-state index in [1.165, 1.54) is 0 Å². The van der Waals surface area contributed by atoms with E-state index in [2.05, 4.69) is 6.58 Å². The monoisotopic (exact) mass is 84.1 g/mol. The summed E-state index contributed by atoms with van der Waals surface area (Å²) < 4.78 is 0. The molecule has 0 atom stereocenters. The maximum Gasteiger partial charge on any atom is 0.0663 e. The van der Waals surface area contributed by atoms with Gasteiger partial charge < -0.3 is 6.15 Å². The Kier molecular flexibility index (Phi) is 13.3. The molecular weight excluding hydrogens is 76.1 g/mol. The molecule has 3 N–H and O–H groups in total. The minimum Gasteiger partial charge on any atom is -0.344 e. The van der Waals surface area contributed by atoms with Crippen molar-refractivity contribution in [1.82, 2.24) is 6.15 Å². The molecule has 0 spiro atoms. The van der Waals surface area contributed by atoms with E-state index in [4.69, 9.17) is 5.26 Å². The lowest BCUT2D eigenvalue weighted by molar-refractivity contribution is 1.36. The van der Waals surface area contributed by atoms with Crippen LogP contribution in [0, 0.1) is 11.3 Å². The second kappa shape index (κ2) is 8.89. The Bertz CT molecular complexity index is 60.4. The predicted molar refractivity (Wildman–Crippen MR) is 25.4 cm³/mol. The normalized spacial score (nSPS) is 4.50. The zero-order valence-corrected chi connectivity index (χ0v) is 3.65. The van der Waals surface area contributed by atoms with E-state index in [1.54, 1.807) is 6.08 Å². The molecule has 0 radical (unpaired) electrons. The minimum atomic E-state index is 0. The molecule has 0 aliphatic heterocycles. The quantitative estimate of drug-likeness (QED) is 0.486. The lowest BCUT2D eigenvalue weighted by Gasteiger charge is -1.55. The van der Waals surface area contributed by atoms with E-state index in [0.29, 0.717) is 6.42 Å². The molecule has 0 rings (SSSR count). The van der Waals surface area contributed by atoms with Gasteiger partial charge in [-0.3, -0.25) is 0 Å². The van der Waals surface area contributed by atoms with E-state index >= 15 is 0 Å². The molecule has 0 unspecified atom stereocenters. The molecule has 0 aliphatic carbocycles. The fraction of sp³-hybridized carbons (Fsp3) is 0.250. The van der Waals surface area contributed by atoms with Crippen LogP contribution in [0.2, 0.25) is 0 Å². The third-order valence-electron chi connectivity index (χ3n) is 0.236. The summed E-state index contributed by atoms with van der Waals surface area (Å²) in [6.07, 6.45) is 2.03. The Morgan fingerprint density at radius 2 is 2.33 bits per heavy atom. The molecule has 0 aliphatic rings. The van der Waals surface area contributed by atoms with Crippen molar-refractivity contribution < 1.29 is 0 Å². The van der Waals surface area contributed by atoms with Crippen molar-refractivity contribution in [2.24, 2.45) is 0 Å². The van der Waals surface area contributed by atoms with E-state index in [1.807, 2.05) is 6.07 Å². The van der Waals surface area contributed by atoms with Gasteiger partial charge in [0.15, 0.2) is 0 Å². The van der Waals surface area contributed by atoms with Crippen LogP contribution in [0.15, 0.2) is 12.7 Å². The third-order valence-corrected chi connectivity index (χ3v) is 0.236. The standard InChI is InChI=1S/C4H5N.H3N/c1-2-3-4-5;/h2H,1,3H2;1H3. The summed E-state index contributed by atoms with van der Waals surface area (Å²) >= 11 is 0. The minimum absolute atomic E-state index is 0. The largest absolute Gasteiger partial charge is 0.344 e. The van der Waals surface area contributed by atoms with Gasteiger partial charge in [0, 0.05) is 0 Å². The van der Waals surface area contributed by atoms with Crippen LogP contribution in [0.3, 0.4) is 0 Å². The molecule has 0 saturated heterocycles. The Labute approximate surface area is 37.7 Å². The summed E-state index contributed by atoms with van der Waals surface area (Å²) in [6, 6.07) is 1.90. The SMILES string of the molecule is C=CCC#N.N. The first-order chi connectivity index (χ1) is 2.41. The fourth-order valence-electron chi connectivity index (χ4n) is 0.0645. The van der Waals surface area contributed by atoms with Crippen LogP contribution < -0.4 is 6.15 Å². The zero-order valence-electron chi connectivity index (χ0n) is 3.65. The molecule has 0 saturated carbocycles. The maximum absolute atomic E-state index is 7.74. The molecule has 2 nitrogen and oxygen atoms in total. The topological polar surface area (TPSA) is 58.8 Å². The van der Waals surface area contributed by atoms with Gasteiger partial charge in [-0.25, -0.2) is 0 Å². The Morgan fingerprint density at radius 1 is 1.83 bits per heavy atom. The van der Waals surface area contributed by atoms with E-state index in [9.17, 15) is 0 Å². The molecular formula is C4H8N2. The van der Waals surface area contributed by atoms with Crippen molar-refractivity contribution in [3.05, 3.63) is 12.7 Å². The third kappa shape index (κ3) is 10.8. The summed E-state index contributed by atoms with van der Waals surface area (Å²) in [6.45, 7) is 3.33. The van der Waals surface area contributed by atoms with Gasteiger partial charge in [-0.15, -0.1) is 6.58 Å². The van der Waals surface area contributed by atoms with Gasteiger partial charge in [-0.2, -0.15) is 5.26 Å². The van der Waals surface area contributed by atoms with Gasteiger partial charge in [-0.1, -0.05) is 6.08 Å². The highest BCUT2D eigenvalue weighted by atomic mass is 14.2. The van der Waals surface area contributed by atoms with Gasteiger partial charge in [0.25, 0.3) is 0 Å². The molecule has 0 heterocycles. The highest BCUT2D eigenvalue weighted by Gasteiger charge is 1.56. The van der Waals surface area contributed by atoms with Crippen molar-refractivity contribution in [1.29, 1.82) is 5.26 Å². The number of nitriles is 1. The summed E-state index contributed by atoms with van der Waals surface area (Å²) in [5, 5.41) is 7.74. The smallest absolute Gasteiger partial charge is 0.0663 e. The van der Waals surface area contributed by atoms with Gasteiger partial charge >= 0.3 is 0 Å². The molecule has 0 bridgehead atoms. The molecule has 0 amide bonds. The number of hydrogen-bond donors (Lipinski definition) is 1. The molecule has 0 aromatic rings. The highest BCUT2D eigenvalue weighted by Crippen LogP contribution is 1.67. The molecule has 0 fully saturated rings. The lowest BCUT2D eigenvalue weighted by Crippen LogP contribution is -1.45. The Balaban J connectivity index is 0. The first kappa shape index (κ1) is 8.95. The predicted octanol–water partition coefficient (Wildman–Crippen LogP) is 1.25. The van der Waals surface area contributed by atoms with Gasteiger partial charge in [0.1, 0.15) is 0 Å². The fourth-order valence-corrected chi connectivity index (χ4v) is 0.0645. The van der Waals surface area contributed by atoms with Crippen LogP contribution in [0.25, 0.3) is 0 Å². The Hall–Kier alpha value is -0.810. The number of nitrogens with zero attached hydrogens (tertiary/aromatic N) is 1. The van der Waals surface area contributed by atoms with E-state index in [-0.39, 0.29) is 6.15 Å². The average Bonchev–Trinajstić information content (AvgIpc) is 1.41. The molecule has 34 valence electrons. The average molecular weight is 84.1 g/mol. The second-order valence-corrected chi connectivity index (χ2v) is 0.651. The maximum atomic E-state index is 7.74. The first-order valence-electron chi connectivity index (χ1n) is 1.39. The highest BCUT2D eigenvalue weighted by molar-refractivity contribution is 4.82. The number of rotatable bonds is 1. The molecule has 0 aromatic carbocycles. The first-order valence-corrected chi connectivity index (χ1v) is 1.39. The summed E-state index contributed by atoms with van der Waals surface area (Å²) in [4.78, 5) is 0. The van der Waals surface area contributed by atoms with Crippen LogP contribution in [-0.4, -0.2) is 0 Å². The van der Waals surface area contributed by atoms with Crippen LogP contribution in [0.5, 0.6) is 0 Å².